The summed E-state index contributed by atoms with van der Waals surface area (Å²) in [6, 6.07) is 7.26. The SMILES string of the molecule is CN1CCN(Cc2ccc(NC(=O)c3ccc(OCCCCl)c([N+](=O)[O-])c3)cc2C(F)(F)F)CC1. The zero-order chi connectivity index (χ0) is 25.6. The minimum Gasteiger partial charge on any atom is -0.487 e. The van der Waals surface area contributed by atoms with Gasteiger partial charge >= 0.3 is 11.9 Å². The van der Waals surface area contributed by atoms with Gasteiger partial charge < -0.3 is 15.0 Å². The van der Waals surface area contributed by atoms with Gasteiger partial charge in [-0.25, -0.2) is 0 Å². The van der Waals surface area contributed by atoms with Crippen LogP contribution in [0.25, 0.3) is 0 Å². The maximum absolute atomic E-state index is 13.8. The quantitative estimate of drug-likeness (QED) is 0.227. The van der Waals surface area contributed by atoms with Crippen molar-refractivity contribution in [3.05, 3.63) is 63.2 Å². The molecular weight excluding hydrogens is 489 g/mol. The number of benzene rings is 2. The Labute approximate surface area is 205 Å². The van der Waals surface area contributed by atoms with Gasteiger partial charge in [-0.05, 0) is 43.3 Å². The van der Waals surface area contributed by atoms with Crippen LogP contribution >= 0.6 is 11.6 Å². The van der Waals surface area contributed by atoms with Crippen LogP contribution in [0.1, 0.15) is 27.9 Å². The molecule has 1 heterocycles. The molecule has 0 atom stereocenters. The average molecular weight is 515 g/mol. The Kier molecular flexibility index (Phi) is 8.92. The van der Waals surface area contributed by atoms with Gasteiger partial charge in [0.15, 0.2) is 5.75 Å². The van der Waals surface area contributed by atoms with Crippen LogP contribution in [-0.4, -0.2) is 66.3 Å². The molecule has 0 aromatic heterocycles. The molecule has 2 aromatic carbocycles. The number of carbonyl (C=O) groups excluding carboxylic acids is 1. The second-order valence-electron chi connectivity index (χ2n) is 8.23. The fraction of sp³-hybridized carbons (Fsp3) is 0.435. The number of nitrogens with one attached hydrogen (secondary N) is 1. The molecule has 1 aliphatic heterocycles. The minimum absolute atomic E-state index is 0.0238. The van der Waals surface area contributed by atoms with Gasteiger partial charge in [0.25, 0.3) is 5.91 Å². The number of ether oxygens (including phenoxy) is 1. The fourth-order valence-corrected chi connectivity index (χ4v) is 3.78. The Bertz CT molecular complexity index is 1060. The van der Waals surface area contributed by atoms with Gasteiger partial charge in [-0.3, -0.25) is 19.8 Å². The maximum atomic E-state index is 13.8. The second kappa shape index (κ2) is 11.7. The number of piperazine rings is 1. The number of nitro groups is 1. The molecule has 1 N–H and O–H groups in total. The van der Waals surface area contributed by atoms with Gasteiger partial charge in [-0.1, -0.05) is 6.07 Å². The normalized spacial score (nSPS) is 15.1. The molecule has 12 heteroatoms. The highest BCUT2D eigenvalue weighted by molar-refractivity contribution is 6.17. The molecule has 1 aliphatic rings. The predicted molar refractivity (Wildman–Crippen MR) is 126 cm³/mol. The molecule has 1 saturated heterocycles. The lowest BCUT2D eigenvalue weighted by Crippen LogP contribution is -2.44. The van der Waals surface area contributed by atoms with Gasteiger partial charge in [0.1, 0.15) is 0 Å². The molecule has 35 heavy (non-hydrogen) atoms. The lowest BCUT2D eigenvalue weighted by atomic mass is 10.0. The van der Waals surface area contributed by atoms with Gasteiger partial charge in [0.2, 0.25) is 0 Å². The van der Waals surface area contributed by atoms with Crippen LogP contribution in [0.3, 0.4) is 0 Å². The highest BCUT2D eigenvalue weighted by Gasteiger charge is 2.34. The fourth-order valence-electron chi connectivity index (χ4n) is 3.67. The van der Waals surface area contributed by atoms with Crippen LogP contribution in [0.4, 0.5) is 24.5 Å². The van der Waals surface area contributed by atoms with E-state index in [9.17, 15) is 28.1 Å². The summed E-state index contributed by atoms with van der Waals surface area (Å²) in [5, 5.41) is 13.8. The van der Waals surface area contributed by atoms with Crippen LogP contribution in [0.2, 0.25) is 0 Å². The second-order valence-corrected chi connectivity index (χ2v) is 8.61. The van der Waals surface area contributed by atoms with E-state index in [1.54, 1.807) is 0 Å². The summed E-state index contributed by atoms with van der Waals surface area (Å²) in [7, 11) is 1.97. The lowest BCUT2D eigenvalue weighted by Gasteiger charge is -2.33. The van der Waals surface area contributed by atoms with E-state index in [1.807, 2.05) is 11.9 Å². The third-order valence-electron chi connectivity index (χ3n) is 5.62. The number of amides is 1. The number of alkyl halides is 4. The molecule has 1 fully saturated rings. The van der Waals surface area contributed by atoms with Crippen LogP contribution in [0, 0.1) is 10.1 Å². The average Bonchev–Trinajstić information content (AvgIpc) is 2.81. The topological polar surface area (TPSA) is 88.0 Å². The lowest BCUT2D eigenvalue weighted by molar-refractivity contribution is -0.385. The molecule has 190 valence electrons. The van der Waals surface area contributed by atoms with Crippen molar-refractivity contribution >= 4 is 28.9 Å². The van der Waals surface area contributed by atoms with Crippen molar-refractivity contribution in [2.24, 2.45) is 0 Å². The molecule has 0 spiro atoms. The molecule has 0 unspecified atom stereocenters. The Morgan fingerprint density at radius 3 is 2.51 bits per heavy atom. The first-order valence-electron chi connectivity index (χ1n) is 11.0. The number of anilines is 1. The van der Waals surface area contributed by atoms with Crippen molar-refractivity contribution in [2.45, 2.75) is 19.1 Å². The van der Waals surface area contributed by atoms with E-state index in [0.717, 1.165) is 25.2 Å². The van der Waals surface area contributed by atoms with Crippen LogP contribution in [0.15, 0.2) is 36.4 Å². The molecule has 0 saturated carbocycles. The molecule has 8 nitrogen and oxygen atoms in total. The largest absolute Gasteiger partial charge is 0.487 e. The summed E-state index contributed by atoms with van der Waals surface area (Å²) in [4.78, 5) is 27.4. The van der Waals surface area contributed by atoms with E-state index in [0.29, 0.717) is 25.4 Å². The number of hydrogen-bond acceptors (Lipinski definition) is 6. The molecule has 3 rings (SSSR count). The number of hydrogen-bond donors (Lipinski definition) is 1. The first kappa shape index (κ1) is 26.7. The highest BCUT2D eigenvalue weighted by Crippen LogP contribution is 2.35. The smallest absolute Gasteiger partial charge is 0.416 e. The minimum atomic E-state index is -4.61. The van der Waals surface area contributed by atoms with Crippen molar-refractivity contribution < 1.29 is 27.6 Å². The Morgan fingerprint density at radius 2 is 1.89 bits per heavy atom. The van der Waals surface area contributed by atoms with Crippen LogP contribution in [-0.2, 0) is 12.7 Å². The number of carbonyl (C=O) groups is 1. The number of rotatable bonds is 9. The van der Waals surface area contributed by atoms with E-state index in [4.69, 9.17) is 16.3 Å². The van der Waals surface area contributed by atoms with Gasteiger partial charge in [0.05, 0.1) is 17.1 Å². The maximum Gasteiger partial charge on any atom is 0.416 e. The van der Waals surface area contributed by atoms with Crippen LogP contribution in [0.5, 0.6) is 5.75 Å². The van der Waals surface area contributed by atoms with Crippen LogP contribution < -0.4 is 10.1 Å². The summed E-state index contributed by atoms with van der Waals surface area (Å²) >= 11 is 5.58. The van der Waals surface area contributed by atoms with Gasteiger partial charge in [-0.2, -0.15) is 13.2 Å². The van der Waals surface area contributed by atoms with Gasteiger partial charge in [-0.15, -0.1) is 11.6 Å². The molecule has 2 aromatic rings. The Hall–Kier alpha value is -2.89. The monoisotopic (exact) mass is 514 g/mol. The molecular formula is C23H26ClF3N4O4. The third kappa shape index (κ3) is 7.30. The summed E-state index contributed by atoms with van der Waals surface area (Å²) < 4.78 is 46.7. The highest BCUT2D eigenvalue weighted by atomic mass is 35.5. The summed E-state index contributed by atoms with van der Waals surface area (Å²) in [5.74, 6) is -0.479. The van der Waals surface area contributed by atoms with E-state index >= 15 is 0 Å². The van der Waals surface area contributed by atoms with E-state index in [1.165, 1.54) is 24.3 Å². The zero-order valence-electron chi connectivity index (χ0n) is 19.1. The summed E-state index contributed by atoms with van der Waals surface area (Å²) in [5.41, 5.74) is -1.28. The van der Waals surface area contributed by atoms with E-state index < -0.39 is 28.3 Å². The summed E-state index contributed by atoms with van der Waals surface area (Å²) in [6.07, 6.45) is -4.13. The van der Waals surface area contributed by atoms with Crippen molar-refractivity contribution in [2.75, 3.05) is 51.0 Å². The molecule has 0 bridgehead atoms. The van der Waals surface area contributed by atoms with Crippen molar-refractivity contribution in [1.82, 2.24) is 9.80 Å². The van der Waals surface area contributed by atoms with Crippen molar-refractivity contribution in [1.29, 1.82) is 0 Å². The summed E-state index contributed by atoms with van der Waals surface area (Å²) in [6.45, 7) is 3.19. The first-order chi connectivity index (χ1) is 16.6. The van der Waals surface area contributed by atoms with E-state index in [2.05, 4.69) is 10.2 Å². The number of nitrogens with zero attached hydrogens (tertiary/aromatic N) is 3. The van der Waals surface area contributed by atoms with Gasteiger partial charge in [0, 0.05) is 55.9 Å². The van der Waals surface area contributed by atoms with E-state index in [-0.39, 0.29) is 35.7 Å². The molecule has 1 amide bonds. The first-order valence-corrected chi connectivity index (χ1v) is 11.5. The predicted octanol–water partition coefficient (Wildman–Crippen LogP) is 4.62. The molecule has 0 radical (unpaired) electrons. The number of likely N-dealkylation sites (N-methyl/N-ethyl adjacent to an activating group) is 1. The number of halogens is 4. The Balaban J connectivity index is 1.78. The number of nitro benzene ring substituents is 1. The molecule has 0 aliphatic carbocycles. The Morgan fingerprint density at radius 1 is 1.17 bits per heavy atom. The standard InChI is InChI=1S/C23H26ClF3N4O4/c1-29-8-10-30(11-9-29)15-17-3-5-18(14-19(17)23(25,26)27)28-22(32)16-4-6-21(35-12-2-7-24)20(13-16)31(33)34/h3-6,13-14H,2,7-12,15H2,1H3,(H,28,32). The zero-order valence-corrected chi connectivity index (χ0v) is 19.9. The van der Waals surface area contributed by atoms with Crippen molar-refractivity contribution in [3.8, 4) is 5.75 Å². The third-order valence-corrected chi connectivity index (χ3v) is 5.88. The van der Waals surface area contributed by atoms with Crippen molar-refractivity contribution in [3.63, 3.8) is 0 Å².